The van der Waals surface area contributed by atoms with Crippen LogP contribution in [-0.2, 0) is 11.3 Å². The van der Waals surface area contributed by atoms with Gasteiger partial charge in [-0.05, 0) is 37.3 Å². The molecule has 0 aliphatic heterocycles. The van der Waals surface area contributed by atoms with Crippen molar-refractivity contribution in [1.29, 1.82) is 0 Å². The molecule has 5 nitrogen and oxygen atoms in total. The predicted molar refractivity (Wildman–Crippen MR) is 73.8 cm³/mol. The Hall–Kier alpha value is -2.70. The Balaban J connectivity index is 1.89. The van der Waals surface area contributed by atoms with Crippen LogP contribution in [0.1, 0.15) is 23.0 Å². The lowest BCUT2D eigenvalue weighted by atomic mass is 10.2. The smallest absolute Gasteiger partial charge is 0.252 e. The van der Waals surface area contributed by atoms with Crippen molar-refractivity contribution in [3.8, 4) is 0 Å². The molecule has 0 fully saturated rings. The molecule has 0 bridgehead atoms. The van der Waals surface area contributed by atoms with E-state index in [4.69, 9.17) is 4.42 Å². The van der Waals surface area contributed by atoms with Crippen molar-refractivity contribution in [3.05, 3.63) is 59.6 Å². The van der Waals surface area contributed by atoms with Crippen molar-refractivity contribution in [3.63, 3.8) is 0 Å². The van der Waals surface area contributed by atoms with Gasteiger partial charge in [0.2, 0.25) is 5.91 Å². The number of benzene rings is 1. The maximum Gasteiger partial charge on any atom is 0.252 e. The third-order valence-corrected chi connectivity index (χ3v) is 2.94. The highest BCUT2D eigenvalue weighted by Crippen LogP contribution is 2.08. The summed E-state index contributed by atoms with van der Waals surface area (Å²) in [4.78, 5) is 23.7. The average molecular weight is 308 g/mol. The number of nitrogens with one attached hydrogen (secondary N) is 2. The minimum absolute atomic E-state index is 0.0652. The first-order valence-electron chi connectivity index (χ1n) is 6.53. The largest absolute Gasteiger partial charge is 0.467 e. The Morgan fingerprint density at radius 2 is 2.00 bits per heavy atom. The van der Waals surface area contributed by atoms with Gasteiger partial charge in [0.15, 0.2) is 11.6 Å². The molecule has 0 aliphatic rings. The maximum absolute atomic E-state index is 13.1. The Labute approximate surface area is 125 Å². The van der Waals surface area contributed by atoms with E-state index in [-0.39, 0.29) is 12.1 Å². The molecule has 116 valence electrons. The number of carbonyl (C=O) groups is 2. The van der Waals surface area contributed by atoms with Gasteiger partial charge in [0.05, 0.1) is 12.8 Å². The van der Waals surface area contributed by atoms with Crippen molar-refractivity contribution in [1.82, 2.24) is 10.6 Å². The van der Waals surface area contributed by atoms with E-state index in [0.29, 0.717) is 5.76 Å². The lowest BCUT2D eigenvalue weighted by Gasteiger charge is -2.13. The van der Waals surface area contributed by atoms with Crippen LogP contribution in [0.15, 0.2) is 41.0 Å². The van der Waals surface area contributed by atoms with Crippen LogP contribution in [0, 0.1) is 11.6 Å². The van der Waals surface area contributed by atoms with Crippen molar-refractivity contribution < 1.29 is 22.8 Å². The lowest BCUT2D eigenvalue weighted by Crippen LogP contribution is -2.44. The van der Waals surface area contributed by atoms with E-state index in [9.17, 15) is 18.4 Å². The Kier molecular flexibility index (Phi) is 4.88. The summed E-state index contributed by atoms with van der Waals surface area (Å²) in [5.41, 5.74) is -0.0652. The van der Waals surface area contributed by atoms with Crippen LogP contribution < -0.4 is 10.6 Å². The normalized spacial score (nSPS) is 11.8. The molecule has 0 saturated carbocycles. The molecule has 0 spiro atoms. The van der Waals surface area contributed by atoms with E-state index >= 15 is 0 Å². The second-order valence-electron chi connectivity index (χ2n) is 4.62. The van der Waals surface area contributed by atoms with Crippen LogP contribution in [0.4, 0.5) is 8.78 Å². The summed E-state index contributed by atoms with van der Waals surface area (Å²) in [5, 5.41) is 4.98. The molecule has 1 atom stereocenters. The third kappa shape index (κ3) is 3.91. The van der Waals surface area contributed by atoms with E-state index in [1.807, 2.05) is 0 Å². The third-order valence-electron chi connectivity index (χ3n) is 2.94. The quantitative estimate of drug-likeness (QED) is 0.887. The summed E-state index contributed by atoms with van der Waals surface area (Å²) >= 11 is 0. The first-order chi connectivity index (χ1) is 10.5. The fourth-order valence-electron chi connectivity index (χ4n) is 1.72. The summed E-state index contributed by atoms with van der Waals surface area (Å²) in [6.45, 7) is 1.67. The van der Waals surface area contributed by atoms with E-state index in [1.54, 1.807) is 12.1 Å². The molecule has 0 aliphatic carbocycles. The highest BCUT2D eigenvalue weighted by atomic mass is 19.2. The van der Waals surface area contributed by atoms with Gasteiger partial charge in [-0.3, -0.25) is 9.59 Å². The summed E-state index contributed by atoms with van der Waals surface area (Å²) in [6, 6.07) is 5.32. The van der Waals surface area contributed by atoms with Crippen molar-refractivity contribution in [2.24, 2.45) is 0 Å². The van der Waals surface area contributed by atoms with Gasteiger partial charge < -0.3 is 15.1 Å². The fraction of sp³-hybridized carbons (Fsp3) is 0.200. The van der Waals surface area contributed by atoms with Crippen LogP contribution in [0.25, 0.3) is 0 Å². The summed E-state index contributed by atoms with van der Waals surface area (Å²) in [6.07, 6.45) is 1.48. The molecule has 0 radical (unpaired) electrons. The van der Waals surface area contributed by atoms with Crippen molar-refractivity contribution in [2.45, 2.75) is 19.5 Å². The number of hydrogen-bond donors (Lipinski definition) is 2. The molecule has 1 heterocycles. The summed E-state index contributed by atoms with van der Waals surface area (Å²) in [7, 11) is 0. The minimum atomic E-state index is -1.12. The second-order valence-corrected chi connectivity index (χ2v) is 4.62. The van der Waals surface area contributed by atoms with Crippen LogP contribution in [0.3, 0.4) is 0 Å². The van der Waals surface area contributed by atoms with Crippen LogP contribution in [-0.4, -0.2) is 17.9 Å². The molecule has 2 aromatic rings. The number of carbonyl (C=O) groups excluding carboxylic acids is 2. The van der Waals surface area contributed by atoms with Gasteiger partial charge in [0.1, 0.15) is 11.8 Å². The number of amides is 2. The molecule has 1 aromatic carbocycles. The standard InChI is InChI=1S/C15H14F2N2O3/c1-9(14(20)18-8-11-3-2-6-22-11)19-15(21)10-4-5-12(16)13(17)7-10/h2-7,9H,8H2,1H3,(H,18,20)(H,19,21)/t9-/m1/s1. The second kappa shape index (κ2) is 6.84. The first-order valence-corrected chi connectivity index (χ1v) is 6.53. The average Bonchev–Trinajstić information content (AvgIpc) is 3.00. The molecular weight excluding hydrogens is 294 g/mol. The number of furan rings is 1. The predicted octanol–water partition coefficient (Wildman–Crippen LogP) is 1.99. The maximum atomic E-state index is 13.1. The lowest BCUT2D eigenvalue weighted by molar-refractivity contribution is -0.122. The van der Waals surface area contributed by atoms with Crippen molar-refractivity contribution >= 4 is 11.8 Å². The van der Waals surface area contributed by atoms with E-state index in [2.05, 4.69) is 10.6 Å². The van der Waals surface area contributed by atoms with Crippen molar-refractivity contribution in [2.75, 3.05) is 0 Å². The highest BCUT2D eigenvalue weighted by Gasteiger charge is 2.17. The van der Waals surface area contributed by atoms with E-state index in [1.165, 1.54) is 13.2 Å². The van der Waals surface area contributed by atoms with Crippen LogP contribution >= 0.6 is 0 Å². The molecule has 1 aromatic heterocycles. The monoisotopic (exact) mass is 308 g/mol. The summed E-state index contributed by atoms with van der Waals surface area (Å²) in [5.74, 6) is -2.68. The van der Waals surface area contributed by atoms with Gasteiger partial charge in [0, 0.05) is 5.56 Å². The molecule has 0 unspecified atom stereocenters. The molecule has 0 saturated heterocycles. The van der Waals surface area contributed by atoms with Gasteiger partial charge in [-0.15, -0.1) is 0 Å². The number of hydrogen-bond acceptors (Lipinski definition) is 3. The molecule has 2 amide bonds. The molecule has 2 N–H and O–H groups in total. The first kappa shape index (κ1) is 15.7. The zero-order valence-electron chi connectivity index (χ0n) is 11.7. The Morgan fingerprint density at radius 3 is 2.64 bits per heavy atom. The van der Waals surface area contributed by atoms with E-state index in [0.717, 1.165) is 18.2 Å². The Morgan fingerprint density at radius 1 is 1.23 bits per heavy atom. The number of halogens is 2. The van der Waals surface area contributed by atoms with E-state index < -0.39 is 29.5 Å². The highest BCUT2D eigenvalue weighted by molar-refractivity contribution is 5.97. The van der Waals surface area contributed by atoms with Gasteiger partial charge in [-0.25, -0.2) is 8.78 Å². The fourth-order valence-corrected chi connectivity index (χ4v) is 1.72. The van der Waals surface area contributed by atoms with Gasteiger partial charge in [-0.2, -0.15) is 0 Å². The molecule has 2 rings (SSSR count). The van der Waals surface area contributed by atoms with Crippen LogP contribution in [0.2, 0.25) is 0 Å². The molecule has 7 heteroatoms. The SMILES string of the molecule is C[C@@H](NC(=O)c1ccc(F)c(F)c1)C(=O)NCc1ccco1. The van der Waals surface area contributed by atoms with Gasteiger partial charge >= 0.3 is 0 Å². The Bertz CT molecular complexity index is 671. The molecule has 22 heavy (non-hydrogen) atoms. The topological polar surface area (TPSA) is 71.3 Å². The minimum Gasteiger partial charge on any atom is -0.467 e. The molecular formula is C15H14F2N2O3. The van der Waals surface area contributed by atoms with Crippen LogP contribution in [0.5, 0.6) is 0 Å². The number of rotatable bonds is 5. The zero-order valence-corrected chi connectivity index (χ0v) is 11.7. The zero-order chi connectivity index (χ0) is 16.1. The summed E-state index contributed by atoms with van der Waals surface area (Å²) < 4.78 is 30.9. The van der Waals surface area contributed by atoms with Gasteiger partial charge in [-0.1, -0.05) is 0 Å². The van der Waals surface area contributed by atoms with Gasteiger partial charge in [0.25, 0.3) is 5.91 Å².